The van der Waals surface area contributed by atoms with Crippen LogP contribution in [0.15, 0.2) is 66.7 Å². The summed E-state index contributed by atoms with van der Waals surface area (Å²) in [5.74, 6) is -1.56. The van der Waals surface area contributed by atoms with Crippen LogP contribution in [0.4, 0.5) is 4.79 Å². The molecular weight excluding hydrogens is 404 g/mol. The Labute approximate surface area is 179 Å². The Kier molecular flexibility index (Phi) is 9.21. The van der Waals surface area contributed by atoms with E-state index in [1.54, 1.807) is 61.5 Å². The summed E-state index contributed by atoms with van der Waals surface area (Å²) >= 11 is 0. The number of aliphatic hydroxyl groups excluding tert-OH is 1. The van der Waals surface area contributed by atoms with E-state index in [1.165, 1.54) is 11.6 Å². The molecule has 0 aliphatic rings. The highest BCUT2D eigenvalue weighted by molar-refractivity contribution is 6.02. The van der Waals surface area contributed by atoms with Crippen LogP contribution in [0.3, 0.4) is 0 Å². The van der Waals surface area contributed by atoms with Crippen molar-refractivity contribution >= 4 is 17.9 Å². The van der Waals surface area contributed by atoms with Crippen molar-refractivity contribution in [3.63, 3.8) is 0 Å². The lowest BCUT2D eigenvalue weighted by Gasteiger charge is -2.24. The van der Waals surface area contributed by atoms with Crippen molar-refractivity contribution < 1.29 is 34.2 Å². The third-order valence-electron chi connectivity index (χ3n) is 4.20. The molecule has 0 unspecified atom stereocenters. The number of imide groups is 1. The van der Waals surface area contributed by atoms with Crippen LogP contribution in [-0.2, 0) is 9.53 Å². The highest BCUT2D eigenvalue weighted by atomic mass is 16.6. The lowest BCUT2D eigenvalue weighted by Crippen LogP contribution is -2.33. The number of carbonyl (C=O) groups excluding carboxylic acids is 3. The molecule has 0 bridgehead atoms. The Morgan fingerprint density at radius 2 is 1.74 bits per heavy atom. The van der Waals surface area contributed by atoms with Gasteiger partial charge in [-0.1, -0.05) is 49.4 Å². The van der Waals surface area contributed by atoms with E-state index < -0.39 is 29.9 Å². The Morgan fingerprint density at radius 1 is 1.06 bits per heavy atom. The molecule has 2 aromatic carbocycles. The average molecular weight is 428 g/mol. The second-order valence-corrected chi connectivity index (χ2v) is 6.45. The van der Waals surface area contributed by atoms with Gasteiger partial charge < -0.3 is 14.6 Å². The minimum Gasteiger partial charge on any atom is -0.491 e. The van der Waals surface area contributed by atoms with Crippen molar-refractivity contribution in [2.45, 2.75) is 13.0 Å². The third-order valence-corrected chi connectivity index (χ3v) is 4.20. The molecule has 0 heterocycles. The molecule has 0 saturated heterocycles. The zero-order chi connectivity index (χ0) is 22.6. The molecule has 164 valence electrons. The van der Waals surface area contributed by atoms with E-state index in [-0.39, 0.29) is 18.8 Å². The van der Waals surface area contributed by atoms with Crippen molar-refractivity contribution in [2.24, 2.45) is 5.92 Å². The fourth-order valence-electron chi connectivity index (χ4n) is 2.73. The third kappa shape index (κ3) is 7.25. The van der Waals surface area contributed by atoms with E-state index in [2.05, 4.69) is 5.32 Å². The second-order valence-electron chi connectivity index (χ2n) is 6.45. The van der Waals surface area contributed by atoms with Crippen molar-refractivity contribution in [1.29, 1.82) is 0 Å². The number of hydrogen-bond acceptors (Lipinski definition) is 7. The molecule has 0 aliphatic carbocycles. The van der Waals surface area contributed by atoms with Gasteiger partial charge in [0.25, 0.3) is 11.8 Å². The lowest BCUT2D eigenvalue weighted by molar-refractivity contribution is -0.124. The molecule has 9 nitrogen and oxygen atoms in total. The Bertz CT molecular complexity index is 915. The molecule has 31 heavy (non-hydrogen) atoms. The van der Waals surface area contributed by atoms with Gasteiger partial charge in [0.05, 0.1) is 6.61 Å². The highest BCUT2D eigenvalue weighted by Gasteiger charge is 2.26. The number of rotatable bonds is 9. The summed E-state index contributed by atoms with van der Waals surface area (Å²) in [7, 11) is 0. The van der Waals surface area contributed by atoms with Gasteiger partial charge in [0, 0.05) is 23.1 Å². The number of nitrogens with one attached hydrogen (secondary N) is 2. The van der Waals surface area contributed by atoms with E-state index in [1.807, 2.05) is 0 Å². The first-order valence-electron chi connectivity index (χ1n) is 9.48. The van der Waals surface area contributed by atoms with Crippen LogP contribution >= 0.6 is 0 Å². The number of hydroxylamine groups is 1. The topological polar surface area (TPSA) is 134 Å². The molecule has 0 aromatic heterocycles. The number of carbonyl (C=O) groups is 3. The van der Waals surface area contributed by atoms with E-state index in [0.29, 0.717) is 11.3 Å². The number of hydrogen-bond donors (Lipinski definition) is 4. The largest absolute Gasteiger partial charge is 0.491 e. The first-order valence-corrected chi connectivity index (χ1v) is 9.48. The second kappa shape index (κ2) is 12.1. The zero-order valence-electron chi connectivity index (χ0n) is 16.9. The maximum Gasteiger partial charge on any atom is 0.414 e. The number of aliphatic hydroxyl groups is 1. The molecule has 0 aliphatic heterocycles. The molecule has 2 aromatic rings. The quantitative estimate of drug-likeness (QED) is 0.274. The van der Waals surface area contributed by atoms with Gasteiger partial charge in [0.1, 0.15) is 18.5 Å². The summed E-state index contributed by atoms with van der Waals surface area (Å²) in [6.45, 7) is 1.50. The fourth-order valence-corrected chi connectivity index (χ4v) is 2.73. The molecule has 0 radical (unpaired) electrons. The molecule has 3 amide bonds. The maximum absolute atomic E-state index is 12.5. The summed E-state index contributed by atoms with van der Waals surface area (Å²) in [6, 6.07) is 14.9. The van der Waals surface area contributed by atoms with Crippen LogP contribution in [0.5, 0.6) is 5.75 Å². The van der Waals surface area contributed by atoms with Crippen LogP contribution in [0.1, 0.15) is 28.9 Å². The number of para-hydroxylation sites is 1. The smallest absolute Gasteiger partial charge is 0.414 e. The van der Waals surface area contributed by atoms with Gasteiger partial charge in [-0.2, -0.15) is 0 Å². The van der Waals surface area contributed by atoms with E-state index in [4.69, 9.17) is 19.8 Å². The molecule has 0 fully saturated rings. The molecule has 0 saturated carbocycles. The number of alkyl carbamates (subject to hydrolysis) is 1. The van der Waals surface area contributed by atoms with Crippen molar-refractivity contribution in [3.8, 4) is 5.75 Å². The van der Waals surface area contributed by atoms with Gasteiger partial charge in [-0.3, -0.25) is 20.1 Å². The summed E-state index contributed by atoms with van der Waals surface area (Å²) in [5, 5.41) is 19.9. The van der Waals surface area contributed by atoms with Crippen LogP contribution in [-0.4, -0.2) is 41.4 Å². The minimum absolute atomic E-state index is 0.0273. The highest BCUT2D eigenvalue weighted by Crippen LogP contribution is 2.34. The Hall–Kier alpha value is -3.69. The lowest BCUT2D eigenvalue weighted by atomic mass is 9.96. The molecule has 9 heteroatoms. The summed E-state index contributed by atoms with van der Waals surface area (Å²) in [4.78, 5) is 36.0. The predicted octanol–water partition coefficient (Wildman–Crippen LogP) is 2.36. The minimum atomic E-state index is -0.984. The molecule has 2 atom stereocenters. The summed E-state index contributed by atoms with van der Waals surface area (Å²) < 4.78 is 11.0. The first-order chi connectivity index (χ1) is 15.0. The summed E-state index contributed by atoms with van der Waals surface area (Å²) in [6.07, 6.45) is 0.597. The summed E-state index contributed by atoms with van der Waals surface area (Å²) in [5.41, 5.74) is 2.24. The average Bonchev–Trinajstić information content (AvgIpc) is 2.80. The van der Waals surface area contributed by atoms with Crippen LogP contribution in [0, 0.1) is 5.92 Å². The van der Waals surface area contributed by atoms with Gasteiger partial charge in [-0.25, -0.2) is 10.3 Å². The molecule has 0 spiro atoms. The van der Waals surface area contributed by atoms with E-state index in [9.17, 15) is 14.4 Å². The van der Waals surface area contributed by atoms with Gasteiger partial charge in [0.15, 0.2) is 0 Å². The monoisotopic (exact) mass is 428 g/mol. The van der Waals surface area contributed by atoms with Crippen LogP contribution in [0.2, 0.25) is 0 Å². The van der Waals surface area contributed by atoms with Gasteiger partial charge in [-0.05, 0) is 18.2 Å². The number of benzene rings is 2. The molecule has 2 rings (SSSR count). The zero-order valence-corrected chi connectivity index (χ0v) is 16.9. The van der Waals surface area contributed by atoms with Crippen molar-refractivity contribution in [2.75, 3.05) is 13.2 Å². The van der Waals surface area contributed by atoms with Crippen LogP contribution in [0.25, 0.3) is 0 Å². The van der Waals surface area contributed by atoms with Crippen molar-refractivity contribution in [1.82, 2.24) is 10.8 Å². The SMILES string of the molecule is C[C@@H](/C=C/C(=O)NO)[C@@H](OC(=O)NC(=O)c1ccccc1)c1ccccc1OCCO. The van der Waals surface area contributed by atoms with E-state index >= 15 is 0 Å². The van der Waals surface area contributed by atoms with Crippen LogP contribution < -0.4 is 15.5 Å². The Morgan fingerprint density at radius 3 is 2.42 bits per heavy atom. The van der Waals surface area contributed by atoms with Gasteiger partial charge in [0.2, 0.25) is 0 Å². The Balaban J connectivity index is 2.25. The number of ether oxygens (including phenoxy) is 2. The maximum atomic E-state index is 12.5. The van der Waals surface area contributed by atoms with E-state index in [0.717, 1.165) is 6.08 Å². The van der Waals surface area contributed by atoms with Gasteiger partial charge >= 0.3 is 6.09 Å². The van der Waals surface area contributed by atoms with Crippen molar-refractivity contribution in [3.05, 3.63) is 77.9 Å². The standard InChI is InChI=1S/C22H24N2O7/c1-15(11-12-19(26)24-29)20(17-9-5-6-10-18(17)30-14-13-25)31-22(28)23-21(27)16-7-3-2-4-8-16/h2-12,15,20,25,29H,13-14H2,1H3,(H,24,26)(H,23,27,28)/b12-11+/t15-,20+/m0/s1. The predicted molar refractivity (Wildman–Crippen MR) is 110 cm³/mol. The number of amides is 3. The fraction of sp³-hybridized carbons (Fsp3) is 0.227. The first kappa shape index (κ1) is 23.6. The normalized spacial score (nSPS) is 12.6. The molecular formula is C22H24N2O7. The van der Waals surface area contributed by atoms with Gasteiger partial charge in [-0.15, -0.1) is 0 Å². The molecule has 4 N–H and O–H groups in total.